The van der Waals surface area contributed by atoms with Crippen molar-refractivity contribution >= 4 is 21.6 Å². The molecule has 2 atom stereocenters. The van der Waals surface area contributed by atoms with Gasteiger partial charge in [0.25, 0.3) is 0 Å². The molecule has 1 spiro atoms. The molecule has 3 N–H and O–H groups in total. The van der Waals surface area contributed by atoms with Gasteiger partial charge in [-0.2, -0.15) is 0 Å². The van der Waals surface area contributed by atoms with Crippen molar-refractivity contribution in [3.05, 3.63) is 24.3 Å². The Hall–Kier alpha value is -1.48. The molecule has 2 aliphatic carbocycles. The van der Waals surface area contributed by atoms with Gasteiger partial charge in [0.2, 0.25) is 15.9 Å². The van der Waals surface area contributed by atoms with Crippen molar-refractivity contribution < 1.29 is 17.9 Å². The van der Waals surface area contributed by atoms with E-state index in [1.54, 1.807) is 12.1 Å². The summed E-state index contributed by atoms with van der Waals surface area (Å²) in [6.45, 7) is 6.06. The average molecular weight is 438 g/mol. The van der Waals surface area contributed by atoms with Crippen LogP contribution < -0.4 is 10.5 Å². The van der Waals surface area contributed by atoms with Crippen molar-refractivity contribution in [2.75, 3.05) is 25.0 Å². The quantitative estimate of drug-likeness (QED) is 0.618. The number of amides is 1. The van der Waals surface area contributed by atoms with Crippen LogP contribution in [0.3, 0.4) is 0 Å². The van der Waals surface area contributed by atoms with E-state index in [-0.39, 0.29) is 16.2 Å². The van der Waals surface area contributed by atoms with Crippen LogP contribution in [-0.4, -0.2) is 51.1 Å². The predicted molar refractivity (Wildman–Crippen MR) is 118 cm³/mol. The number of primary sulfonamides is 1. The first-order chi connectivity index (χ1) is 14.3. The maximum Gasteiger partial charge on any atom is 0.238 e. The standard InChI is InChI=1S/C22H35N3O4S/c1-3-13-25(19-15-20(29-4-2)22(19)11-6-5-7-12-22)16-21(26)24-17-9-8-10-18(14-17)30(23,27)28/h8-10,14,19-20H,3-7,11-13,15-16H2,1-2H3,(H,24,26)(H2,23,27,28)/t19-,20-/m1/s1. The first-order valence-corrected chi connectivity index (χ1v) is 12.6. The number of rotatable bonds is 9. The van der Waals surface area contributed by atoms with Crippen LogP contribution in [-0.2, 0) is 19.6 Å². The number of carbonyl (C=O) groups is 1. The van der Waals surface area contributed by atoms with Gasteiger partial charge in [0.1, 0.15) is 0 Å². The van der Waals surface area contributed by atoms with Crippen LogP contribution in [0.25, 0.3) is 0 Å². The molecule has 0 heterocycles. The third-order valence-corrected chi connectivity index (χ3v) is 7.55. The number of anilines is 1. The second kappa shape index (κ2) is 9.77. The highest BCUT2D eigenvalue weighted by molar-refractivity contribution is 7.89. The number of nitrogens with zero attached hydrogens (tertiary/aromatic N) is 1. The molecular weight excluding hydrogens is 402 g/mol. The number of sulfonamides is 1. The molecule has 1 amide bonds. The van der Waals surface area contributed by atoms with Crippen molar-refractivity contribution in [1.82, 2.24) is 4.90 Å². The van der Waals surface area contributed by atoms with Gasteiger partial charge in [-0.3, -0.25) is 9.69 Å². The SMILES string of the molecule is CCCN(CC(=O)Nc1cccc(S(N)(=O)=O)c1)[C@@H]1C[C@@H](OCC)C12CCCCC2. The third kappa shape index (κ3) is 5.04. The van der Waals surface area contributed by atoms with E-state index >= 15 is 0 Å². The highest BCUT2D eigenvalue weighted by Crippen LogP contribution is 2.55. The molecule has 30 heavy (non-hydrogen) atoms. The number of nitrogens with two attached hydrogens (primary N) is 1. The molecule has 2 fully saturated rings. The molecule has 0 bridgehead atoms. The van der Waals surface area contributed by atoms with E-state index in [4.69, 9.17) is 9.88 Å². The zero-order valence-electron chi connectivity index (χ0n) is 18.1. The monoisotopic (exact) mass is 437 g/mol. The summed E-state index contributed by atoms with van der Waals surface area (Å²) in [7, 11) is -3.81. The molecule has 2 saturated carbocycles. The van der Waals surface area contributed by atoms with E-state index in [0.29, 0.717) is 24.4 Å². The van der Waals surface area contributed by atoms with Gasteiger partial charge in [-0.1, -0.05) is 32.3 Å². The lowest BCUT2D eigenvalue weighted by Crippen LogP contribution is -2.66. The second-order valence-electron chi connectivity index (χ2n) is 8.58. The van der Waals surface area contributed by atoms with Gasteiger partial charge in [0.15, 0.2) is 0 Å². The van der Waals surface area contributed by atoms with Gasteiger partial charge in [0.05, 0.1) is 17.5 Å². The number of nitrogens with one attached hydrogen (secondary N) is 1. The summed E-state index contributed by atoms with van der Waals surface area (Å²) in [4.78, 5) is 15.1. The van der Waals surface area contributed by atoms with Crippen LogP contribution in [0, 0.1) is 5.41 Å². The topological polar surface area (TPSA) is 102 Å². The third-order valence-electron chi connectivity index (χ3n) is 6.64. The fourth-order valence-corrected chi connectivity index (χ4v) is 5.87. The highest BCUT2D eigenvalue weighted by Gasteiger charge is 2.57. The Balaban J connectivity index is 1.70. The van der Waals surface area contributed by atoms with Crippen LogP contribution in [0.5, 0.6) is 0 Å². The molecular formula is C22H35N3O4S. The maximum absolute atomic E-state index is 12.8. The van der Waals surface area contributed by atoms with Crippen molar-refractivity contribution in [3.8, 4) is 0 Å². The molecule has 2 aliphatic rings. The van der Waals surface area contributed by atoms with Crippen LogP contribution in [0.2, 0.25) is 0 Å². The predicted octanol–water partition coefficient (Wildman–Crippen LogP) is 3.11. The van der Waals surface area contributed by atoms with Gasteiger partial charge in [-0.15, -0.1) is 0 Å². The van der Waals surface area contributed by atoms with Gasteiger partial charge < -0.3 is 10.1 Å². The lowest BCUT2D eigenvalue weighted by atomic mass is 9.54. The first kappa shape index (κ1) is 23.2. The Morgan fingerprint density at radius 2 is 2.00 bits per heavy atom. The fraction of sp³-hybridized carbons (Fsp3) is 0.682. The summed E-state index contributed by atoms with van der Waals surface area (Å²) >= 11 is 0. The average Bonchev–Trinajstić information content (AvgIpc) is 2.71. The highest BCUT2D eigenvalue weighted by atomic mass is 32.2. The zero-order chi connectivity index (χ0) is 21.8. The van der Waals surface area contributed by atoms with Crippen molar-refractivity contribution in [2.24, 2.45) is 10.6 Å². The molecule has 0 aliphatic heterocycles. The smallest absolute Gasteiger partial charge is 0.238 e. The molecule has 0 saturated heterocycles. The van der Waals surface area contributed by atoms with Crippen molar-refractivity contribution in [1.29, 1.82) is 0 Å². The van der Waals surface area contributed by atoms with Gasteiger partial charge >= 0.3 is 0 Å². The van der Waals surface area contributed by atoms with E-state index in [0.717, 1.165) is 26.0 Å². The molecule has 8 heteroatoms. The Morgan fingerprint density at radius 1 is 1.27 bits per heavy atom. The van der Waals surface area contributed by atoms with Gasteiger partial charge in [-0.05, 0) is 57.4 Å². The maximum atomic E-state index is 12.8. The van der Waals surface area contributed by atoms with Crippen LogP contribution in [0.1, 0.15) is 58.8 Å². The minimum absolute atomic E-state index is 0.00887. The second-order valence-corrected chi connectivity index (χ2v) is 10.1. The number of carbonyl (C=O) groups excluding carboxylic acids is 1. The zero-order valence-corrected chi connectivity index (χ0v) is 18.9. The minimum atomic E-state index is -3.81. The Kier molecular flexibility index (Phi) is 7.55. The summed E-state index contributed by atoms with van der Waals surface area (Å²) in [5.41, 5.74) is 0.605. The van der Waals surface area contributed by atoms with Gasteiger partial charge in [-0.25, -0.2) is 13.6 Å². The summed E-state index contributed by atoms with van der Waals surface area (Å²) in [5, 5.41) is 8.04. The number of hydrogen-bond donors (Lipinski definition) is 2. The lowest BCUT2D eigenvalue weighted by molar-refractivity contribution is -0.183. The molecule has 7 nitrogen and oxygen atoms in total. The van der Waals surface area contributed by atoms with Crippen molar-refractivity contribution in [2.45, 2.75) is 75.8 Å². The van der Waals surface area contributed by atoms with E-state index < -0.39 is 10.0 Å². The molecule has 1 aromatic carbocycles. The number of benzene rings is 1. The van der Waals surface area contributed by atoms with Crippen molar-refractivity contribution in [3.63, 3.8) is 0 Å². The molecule has 168 valence electrons. The molecule has 1 aromatic rings. The lowest BCUT2D eigenvalue weighted by Gasteiger charge is -2.60. The summed E-state index contributed by atoms with van der Waals surface area (Å²) in [6, 6.07) is 6.43. The Morgan fingerprint density at radius 3 is 2.63 bits per heavy atom. The fourth-order valence-electron chi connectivity index (χ4n) is 5.31. The van der Waals surface area contributed by atoms with E-state index in [9.17, 15) is 13.2 Å². The Bertz CT molecular complexity index is 837. The summed E-state index contributed by atoms with van der Waals surface area (Å²) in [6.07, 6.45) is 8.31. The summed E-state index contributed by atoms with van der Waals surface area (Å²) in [5.74, 6) is -0.138. The van der Waals surface area contributed by atoms with E-state index in [1.165, 1.54) is 44.2 Å². The van der Waals surface area contributed by atoms with Gasteiger partial charge in [0, 0.05) is 23.8 Å². The largest absolute Gasteiger partial charge is 0.378 e. The molecule has 0 unspecified atom stereocenters. The molecule has 0 radical (unpaired) electrons. The van der Waals surface area contributed by atoms with E-state index in [1.807, 2.05) is 0 Å². The van der Waals surface area contributed by atoms with Crippen LogP contribution in [0.4, 0.5) is 5.69 Å². The first-order valence-electron chi connectivity index (χ1n) is 11.1. The van der Waals surface area contributed by atoms with E-state index in [2.05, 4.69) is 24.1 Å². The number of hydrogen-bond acceptors (Lipinski definition) is 5. The minimum Gasteiger partial charge on any atom is -0.378 e. The molecule has 0 aromatic heterocycles. The number of ether oxygens (including phenoxy) is 1. The van der Waals surface area contributed by atoms with Crippen LogP contribution in [0.15, 0.2) is 29.2 Å². The Labute approximate surface area is 180 Å². The normalized spacial score (nSPS) is 23.3. The molecule has 3 rings (SSSR count). The summed E-state index contributed by atoms with van der Waals surface area (Å²) < 4.78 is 29.2. The van der Waals surface area contributed by atoms with Crippen LogP contribution >= 0.6 is 0 Å².